The van der Waals surface area contributed by atoms with E-state index in [-0.39, 0.29) is 37.0 Å². The second-order valence-electron chi connectivity index (χ2n) is 9.72. The Morgan fingerprint density at radius 3 is 2.52 bits per heavy atom. The number of aryl methyl sites for hydroxylation is 1. The molecule has 3 amide bonds. The molecule has 1 heterocycles. The smallest absolute Gasteiger partial charge is 0.406 e. The van der Waals surface area contributed by atoms with E-state index in [1.165, 1.54) is 13.5 Å². The highest BCUT2D eigenvalue weighted by molar-refractivity contribution is 6.05. The van der Waals surface area contributed by atoms with Crippen LogP contribution in [0.15, 0.2) is 12.1 Å². The van der Waals surface area contributed by atoms with E-state index in [1.54, 1.807) is 24.8 Å². The molecule has 1 aliphatic heterocycles. The van der Waals surface area contributed by atoms with Crippen LogP contribution in [0.3, 0.4) is 0 Å². The first-order valence-electron chi connectivity index (χ1n) is 11.9. The summed E-state index contributed by atoms with van der Waals surface area (Å²) in [5.74, 6) is 0.319. The van der Waals surface area contributed by atoms with E-state index < -0.39 is 11.7 Å². The molecule has 0 saturated heterocycles. The van der Waals surface area contributed by atoms with Crippen LogP contribution >= 0.6 is 0 Å². The van der Waals surface area contributed by atoms with Crippen LogP contribution in [0.4, 0.5) is 10.5 Å². The lowest BCUT2D eigenvalue weighted by Crippen LogP contribution is -2.54. The van der Waals surface area contributed by atoms with E-state index in [0.717, 1.165) is 31.2 Å². The van der Waals surface area contributed by atoms with Crippen molar-refractivity contribution >= 4 is 23.6 Å². The molecular weight excluding hydrogens is 422 g/mol. The van der Waals surface area contributed by atoms with Gasteiger partial charge in [-0.1, -0.05) is 19.3 Å². The number of nitrogens with one attached hydrogen (secondary N) is 1. The summed E-state index contributed by atoms with van der Waals surface area (Å²) in [7, 11) is 1.29. The maximum atomic E-state index is 13.8. The molecule has 1 aromatic rings. The molecule has 3 rings (SSSR count). The highest BCUT2D eigenvalue weighted by atomic mass is 16.5. The molecule has 0 unspecified atom stereocenters. The van der Waals surface area contributed by atoms with Crippen LogP contribution in [0.1, 0.15) is 75.7 Å². The molecule has 0 radical (unpaired) electrons. The van der Waals surface area contributed by atoms with Crippen molar-refractivity contribution in [1.29, 1.82) is 0 Å². The number of benzene rings is 1. The second-order valence-corrected chi connectivity index (χ2v) is 9.72. The molecule has 182 valence electrons. The van der Waals surface area contributed by atoms with Gasteiger partial charge in [0.2, 0.25) is 0 Å². The first-order chi connectivity index (χ1) is 15.6. The number of rotatable bonds is 6. The Labute approximate surface area is 196 Å². The molecule has 0 bridgehead atoms. The van der Waals surface area contributed by atoms with Crippen molar-refractivity contribution in [3.8, 4) is 5.75 Å². The maximum Gasteiger partial charge on any atom is 0.406 e. The van der Waals surface area contributed by atoms with Crippen molar-refractivity contribution in [2.45, 2.75) is 84.4 Å². The van der Waals surface area contributed by atoms with Crippen molar-refractivity contribution in [2.75, 3.05) is 25.1 Å². The van der Waals surface area contributed by atoms with Gasteiger partial charge in [-0.25, -0.2) is 4.79 Å². The minimum absolute atomic E-state index is 0.0119. The SMILES string of the molecule is COC(=O)NCCN1C(=O)C(C)(C)Oc2cc(C)c(C(=O)N(C(C)C)C3CCCCC3)cc21. The van der Waals surface area contributed by atoms with E-state index in [1.807, 2.05) is 17.9 Å². The Hall–Kier alpha value is -2.77. The normalized spacial score (nSPS) is 17.9. The standard InChI is InChI=1S/C25H37N3O5/c1-16(2)28(18-10-8-7-9-11-18)22(29)19-15-20-21(14-17(19)3)33-25(4,5)23(30)27(20)13-12-26-24(31)32-6/h14-16,18H,7-13H2,1-6H3,(H,26,31). The van der Waals surface area contributed by atoms with Gasteiger partial charge in [-0.15, -0.1) is 0 Å². The second kappa shape index (κ2) is 10.0. The lowest BCUT2D eigenvalue weighted by atomic mass is 9.92. The number of nitrogens with zero attached hydrogens (tertiary/aromatic N) is 2. The Balaban J connectivity index is 1.96. The first-order valence-corrected chi connectivity index (χ1v) is 11.9. The van der Waals surface area contributed by atoms with Crippen molar-refractivity contribution < 1.29 is 23.9 Å². The van der Waals surface area contributed by atoms with E-state index in [2.05, 4.69) is 23.9 Å². The monoisotopic (exact) mass is 459 g/mol. The molecule has 8 nitrogen and oxygen atoms in total. The van der Waals surface area contributed by atoms with Gasteiger partial charge in [0, 0.05) is 30.7 Å². The molecular formula is C25H37N3O5. The maximum absolute atomic E-state index is 13.8. The zero-order valence-corrected chi connectivity index (χ0v) is 20.7. The van der Waals surface area contributed by atoms with Gasteiger partial charge < -0.3 is 24.6 Å². The van der Waals surface area contributed by atoms with Crippen molar-refractivity contribution in [3.63, 3.8) is 0 Å². The quantitative estimate of drug-likeness (QED) is 0.694. The van der Waals surface area contributed by atoms with Crippen LogP contribution in [-0.4, -0.2) is 60.7 Å². The van der Waals surface area contributed by atoms with Crippen molar-refractivity contribution in [2.24, 2.45) is 0 Å². The zero-order valence-electron chi connectivity index (χ0n) is 20.7. The van der Waals surface area contributed by atoms with E-state index in [4.69, 9.17) is 4.74 Å². The summed E-state index contributed by atoms with van der Waals surface area (Å²) < 4.78 is 10.6. The predicted octanol–water partition coefficient (Wildman–Crippen LogP) is 4.04. The summed E-state index contributed by atoms with van der Waals surface area (Å²) in [6, 6.07) is 3.93. The molecule has 1 fully saturated rings. The molecule has 2 aliphatic rings. The van der Waals surface area contributed by atoms with Crippen LogP contribution in [0.2, 0.25) is 0 Å². The number of anilines is 1. The topological polar surface area (TPSA) is 88.2 Å². The molecule has 33 heavy (non-hydrogen) atoms. The van der Waals surface area contributed by atoms with Crippen LogP contribution < -0.4 is 15.0 Å². The van der Waals surface area contributed by atoms with Gasteiger partial charge in [0.25, 0.3) is 11.8 Å². The van der Waals surface area contributed by atoms with Crippen LogP contribution in [-0.2, 0) is 9.53 Å². The number of amides is 3. The number of alkyl carbamates (subject to hydrolysis) is 1. The number of hydrogen-bond acceptors (Lipinski definition) is 5. The van der Waals surface area contributed by atoms with Crippen LogP contribution in [0.5, 0.6) is 5.75 Å². The zero-order chi connectivity index (χ0) is 24.3. The average molecular weight is 460 g/mol. The number of hydrogen-bond donors (Lipinski definition) is 1. The molecule has 1 aromatic carbocycles. The third kappa shape index (κ3) is 5.25. The predicted molar refractivity (Wildman–Crippen MR) is 127 cm³/mol. The Bertz CT molecular complexity index is 906. The molecule has 8 heteroatoms. The third-order valence-corrected chi connectivity index (χ3v) is 6.50. The Kier molecular flexibility index (Phi) is 7.55. The van der Waals surface area contributed by atoms with Crippen LogP contribution in [0, 0.1) is 6.92 Å². The van der Waals surface area contributed by atoms with Gasteiger partial charge in [0.15, 0.2) is 5.60 Å². The molecule has 0 spiro atoms. The van der Waals surface area contributed by atoms with Crippen LogP contribution in [0.25, 0.3) is 0 Å². The fraction of sp³-hybridized carbons (Fsp3) is 0.640. The largest absolute Gasteiger partial charge is 0.476 e. The number of carbonyl (C=O) groups excluding carboxylic acids is 3. The highest BCUT2D eigenvalue weighted by Crippen LogP contribution is 2.40. The van der Waals surface area contributed by atoms with Gasteiger partial charge in [0.05, 0.1) is 12.8 Å². The molecule has 0 atom stereocenters. The molecule has 1 saturated carbocycles. The minimum Gasteiger partial charge on any atom is -0.476 e. The Morgan fingerprint density at radius 1 is 1.24 bits per heavy atom. The summed E-state index contributed by atoms with van der Waals surface area (Å²) in [5.41, 5.74) is 0.891. The van der Waals surface area contributed by atoms with Gasteiger partial charge in [-0.05, 0) is 65.2 Å². The number of methoxy groups -OCH3 is 1. The van der Waals surface area contributed by atoms with E-state index >= 15 is 0 Å². The van der Waals surface area contributed by atoms with Gasteiger partial charge in [0.1, 0.15) is 5.75 Å². The Morgan fingerprint density at radius 2 is 1.91 bits per heavy atom. The average Bonchev–Trinajstić information content (AvgIpc) is 2.76. The minimum atomic E-state index is -1.05. The number of carbonyl (C=O) groups is 3. The molecule has 1 aliphatic carbocycles. The molecule has 1 N–H and O–H groups in total. The summed E-state index contributed by atoms with van der Waals surface area (Å²) in [4.78, 5) is 42.0. The summed E-state index contributed by atoms with van der Waals surface area (Å²) in [5, 5.41) is 2.61. The van der Waals surface area contributed by atoms with Crippen molar-refractivity contribution in [3.05, 3.63) is 23.3 Å². The van der Waals surface area contributed by atoms with Gasteiger partial charge in [-0.3, -0.25) is 9.59 Å². The molecule has 0 aromatic heterocycles. The van der Waals surface area contributed by atoms with Crippen molar-refractivity contribution in [1.82, 2.24) is 10.2 Å². The highest BCUT2D eigenvalue weighted by Gasteiger charge is 2.41. The number of ether oxygens (including phenoxy) is 2. The first kappa shape index (κ1) is 24.9. The van der Waals surface area contributed by atoms with E-state index in [0.29, 0.717) is 17.0 Å². The summed E-state index contributed by atoms with van der Waals surface area (Å²) in [6.45, 7) is 9.91. The number of fused-ring (bicyclic) bond motifs is 1. The lowest BCUT2D eigenvalue weighted by molar-refractivity contribution is -0.132. The fourth-order valence-electron chi connectivity index (χ4n) is 4.83. The fourth-order valence-corrected chi connectivity index (χ4v) is 4.83. The van der Waals surface area contributed by atoms with Gasteiger partial charge in [-0.2, -0.15) is 0 Å². The summed E-state index contributed by atoms with van der Waals surface area (Å²) in [6.07, 6.45) is 4.99. The van der Waals surface area contributed by atoms with E-state index in [9.17, 15) is 14.4 Å². The lowest BCUT2D eigenvalue weighted by Gasteiger charge is -2.40. The van der Waals surface area contributed by atoms with Gasteiger partial charge >= 0.3 is 6.09 Å². The summed E-state index contributed by atoms with van der Waals surface area (Å²) >= 11 is 0. The third-order valence-electron chi connectivity index (χ3n) is 6.50.